The first-order valence-corrected chi connectivity index (χ1v) is 7.37. The van der Waals surface area contributed by atoms with E-state index in [1.807, 2.05) is 24.4 Å². The van der Waals surface area contributed by atoms with Crippen LogP contribution in [0.4, 0.5) is 0 Å². The Kier molecular flexibility index (Phi) is 4.44. The Labute approximate surface area is 124 Å². The third-order valence-corrected chi connectivity index (χ3v) is 4.33. The molecule has 0 fully saturated rings. The number of hydrogen-bond donors (Lipinski definition) is 1. The van der Waals surface area contributed by atoms with Crippen LogP contribution in [0.5, 0.6) is 11.5 Å². The molecule has 0 aliphatic heterocycles. The molecular weight excluding hydrogens is 328 g/mol. The van der Waals surface area contributed by atoms with Crippen LogP contribution in [-0.4, -0.2) is 19.2 Å². The van der Waals surface area contributed by atoms with Crippen LogP contribution < -0.4 is 15.2 Å². The van der Waals surface area contributed by atoms with Crippen molar-refractivity contribution in [3.05, 3.63) is 27.0 Å². The number of hydrogen-bond acceptors (Lipinski definition) is 5. The molecule has 1 aromatic carbocycles. The summed E-state index contributed by atoms with van der Waals surface area (Å²) in [4.78, 5) is 4.54. The number of benzene rings is 1. The molecule has 2 rings (SSSR count). The molecule has 0 bridgehead atoms. The fourth-order valence-electron chi connectivity index (χ4n) is 1.68. The Bertz CT molecular complexity index is 584. The number of ether oxygens (including phenoxy) is 2. The SMILES string of the molecule is COc1cc(OC)c(-c2csc(C(C)N)n2)cc1Br. The quantitative estimate of drug-likeness (QED) is 0.921. The topological polar surface area (TPSA) is 57.4 Å². The van der Waals surface area contributed by atoms with E-state index >= 15 is 0 Å². The Morgan fingerprint density at radius 2 is 1.95 bits per heavy atom. The van der Waals surface area contributed by atoms with Crippen molar-refractivity contribution in [1.82, 2.24) is 4.98 Å². The van der Waals surface area contributed by atoms with Crippen LogP contribution in [0.3, 0.4) is 0 Å². The molecule has 4 nitrogen and oxygen atoms in total. The van der Waals surface area contributed by atoms with Crippen molar-refractivity contribution in [2.45, 2.75) is 13.0 Å². The molecule has 0 spiro atoms. The van der Waals surface area contributed by atoms with Crippen LogP contribution in [0.1, 0.15) is 18.0 Å². The van der Waals surface area contributed by atoms with E-state index < -0.39 is 0 Å². The normalized spacial score (nSPS) is 12.3. The lowest BCUT2D eigenvalue weighted by Crippen LogP contribution is -2.04. The van der Waals surface area contributed by atoms with Crippen molar-refractivity contribution in [2.24, 2.45) is 5.73 Å². The summed E-state index contributed by atoms with van der Waals surface area (Å²) in [5.41, 5.74) is 7.61. The third-order valence-electron chi connectivity index (χ3n) is 2.66. The summed E-state index contributed by atoms with van der Waals surface area (Å²) in [7, 11) is 3.25. The molecule has 6 heteroatoms. The minimum atomic E-state index is -0.0635. The molecule has 0 saturated carbocycles. The van der Waals surface area contributed by atoms with Crippen molar-refractivity contribution >= 4 is 27.3 Å². The van der Waals surface area contributed by atoms with E-state index in [2.05, 4.69) is 20.9 Å². The van der Waals surface area contributed by atoms with Gasteiger partial charge in [-0.05, 0) is 28.9 Å². The van der Waals surface area contributed by atoms with Gasteiger partial charge in [-0.15, -0.1) is 11.3 Å². The summed E-state index contributed by atoms with van der Waals surface area (Å²) in [6.07, 6.45) is 0. The van der Waals surface area contributed by atoms with Gasteiger partial charge in [-0.25, -0.2) is 4.98 Å². The number of aromatic nitrogens is 1. The maximum absolute atomic E-state index is 5.84. The maximum Gasteiger partial charge on any atom is 0.136 e. The molecule has 0 aliphatic rings. The monoisotopic (exact) mass is 342 g/mol. The number of methoxy groups -OCH3 is 2. The molecule has 1 atom stereocenters. The molecule has 1 unspecified atom stereocenters. The van der Waals surface area contributed by atoms with Crippen molar-refractivity contribution < 1.29 is 9.47 Å². The zero-order chi connectivity index (χ0) is 14.0. The lowest BCUT2D eigenvalue weighted by molar-refractivity contribution is 0.393. The van der Waals surface area contributed by atoms with Gasteiger partial charge in [0.25, 0.3) is 0 Å². The molecule has 0 saturated heterocycles. The van der Waals surface area contributed by atoms with Crippen molar-refractivity contribution in [3.63, 3.8) is 0 Å². The van der Waals surface area contributed by atoms with Gasteiger partial charge in [-0.3, -0.25) is 0 Å². The highest BCUT2D eigenvalue weighted by molar-refractivity contribution is 9.10. The summed E-state index contributed by atoms with van der Waals surface area (Å²) < 4.78 is 11.5. The first-order chi connectivity index (χ1) is 9.06. The lowest BCUT2D eigenvalue weighted by Gasteiger charge is -2.10. The minimum Gasteiger partial charge on any atom is -0.496 e. The highest BCUT2D eigenvalue weighted by Crippen LogP contribution is 2.39. The molecule has 1 aromatic heterocycles. The van der Waals surface area contributed by atoms with E-state index in [1.54, 1.807) is 25.6 Å². The summed E-state index contributed by atoms with van der Waals surface area (Å²) in [6.45, 7) is 1.92. The standard InChI is InChI=1S/C13H15BrN2O2S/c1-7(15)13-16-10(6-19-13)8-4-9(14)12(18-3)5-11(8)17-2/h4-7H,15H2,1-3H3. The van der Waals surface area contributed by atoms with Crippen molar-refractivity contribution in [2.75, 3.05) is 14.2 Å². The fraction of sp³-hybridized carbons (Fsp3) is 0.308. The van der Waals surface area contributed by atoms with E-state index in [4.69, 9.17) is 15.2 Å². The highest BCUT2D eigenvalue weighted by atomic mass is 79.9. The van der Waals surface area contributed by atoms with Crippen LogP contribution in [-0.2, 0) is 0 Å². The van der Waals surface area contributed by atoms with Crippen LogP contribution in [0, 0.1) is 0 Å². The van der Waals surface area contributed by atoms with Gasteiger partial charge in [0.2, 0.25) is 0 Å². The van der Waals surface area contributed by atoms with Gasteiger partial charge in [-0.2, -0.15) is 0 Å². The molecule has 0 aliphatic carbocycles. The maximum atomic E-state index is 5.84. The molecule has 1 heterocycles. The van der Waals surface area contributed by atoms with E-state index in [1.165, 1.54) is 0 Å². The van der Waals surface area contributed by atoms with Gasteiger partial charge in [0.15, 0.2) is 0 Å². The average molecular weight is 343 g/mol. The summed E-state index contributed by atoms with van der Waals surface area (Å²) in [5.74, 6) is 1.45. The van der Waals surface area contributed by atoms with E-state index in [0.29, 0.717) is 0 Å². The van der Waals surface area contributed by atoms with Crippen LogP contribution in [0.15, 0.2) is 22.0 Å². The Balaban J connectivity index is 2.51. The number of thiazole rings is 1. The predicted molar refractivity (Wildman–Crippen MR) is 81.0 cm³/mol. The largest absolute Gasteiger partial charge is 0.496 e. The predicted octanol–water partition coefficient (Wildman–Crippen LogP) is 3.61. The van der Waals surface area contributed by atoms with Gasteiger partial charge >= 0.3 is 0 Å². The zero-order valence-electron chi connectivity index (χ0n) is 10.9. The molecule has 19 heavy (non-hydrogen) atoms. The molecule has 0 amide bonds. The van der Waals surface area contributed by atoms with Gasteiger partial charge in [0.05, 0.1) is 30.4 Å². The van der Waals surface area contributed by atoms with Crippen molar-refractivity contribution in [3.8, 4) is 22.8 Å². The van der Waals surface area contributed by atoms with E-state index in [-0.39, 0.29) is 6.04 Å². The second-order valence-corrected chi connectivity index (χ2v) is 5.79. The van der Waals surface area contributed by atoms with E-state index in [9.17, 15) is 0 Å². The lowest BCUT2D eigenvalue weighted by atomic mass is 10.1. The molecule has 102 valence electrons. The fourth-order valence-corrected chi connectivity index (χ4v) is 2.96. The first-order valence-electron chi connectivity index (χ1n) is 5.69. The Morgan fingerprint density at radius 3 is 2.47 bits per heavy atom. The van der Waals surface area contributed by atoms with Crippen LogP contribution >= 0.6 is 27.3 Å². The van der Waals surface area contributed by atoms with Gasteiger partial charge < -0.3 is 15.2 Å². The zero-order valence-corrected chi connectivity index (χ0v) is 13.3. The average Bonchev–Trinajstić information content (AvgIpc) is 2.88. The number of halogens is 1. The Morgan fingerprint density at radius 1 is 1.26 bits per heavy atom. The van der Waals surface area contributed by atoms with Crippen LogP contribution in [0.2, 0.25) is 0 Å². The Hall–Kier alpha value is -1.11. The highest BCUT2D eigenvalue weighted by Gasteiger charge is 2.15. The first kappa shape index (κ1) is 14.3. The molecule has 0 radical (unpaired) electrons. The van der Waals surface area contributed by atoms with E-state index in [0.717, 1.165) is 32.2 Å². The second kappa shape index (κ2) is 5.90. The molecular formula is C13H15BrN2O2S. The number of nitrogens with zero attached hydrogens (tertiary/aromatic N) is 1. The summed E-state index contributed by atoms with van der Waals surface area (Å²) >= 11 is 5.02. The molecule has 2 N–H and O–H groups in total. The smallest absolute Gasteiger partial charge is 0.136 e. The summed E-state index contributed by atoms with van der Waals surface area (Å²) in [6, 6.07) is 3.72. The van der Waals surface area contributed by atoms with Gasteiger partial charge in [0, 0.05) is 17.0 Å². The minimum absolute atomic E-state index is 0.0635. The van der Waals surface area contributed by atoms with Crippen molar-refractivity contribution in [1.29, 1.82) is 0 Å². The second-order valence-electron chi connectivity index (χ2n) is 4.05. The summed E-state index contributed by atoms with van der Waals surface area (Å²) in [5, 5.41) is 2.89. The van der Waals surface area contributed by atoms with Crippen LogP contribution in [0.25, 0.3) is 11.3 Å². The number of rotatable bonds is 4. The molecule has 2 aromatic rings. The number of nitrogens with two attached hydrogens (primary N) is 1. The third kappa shape index (κ3) is 2.91. The van der Waals surface area contributed by atoms with Gasteiger partial charge in [0.1, 0.15) is 16.5 Å². The van der Waals surface area contributed by atoms with Gasteiger partial charge in [-0.1, -0.05) is 0 Å².